The van der Waals surface area contributed by atoms with Crippen molar-refractivity contribution < 1.29 is 4.79 Å². The largest absolute Gasteiger partial charge is 0.345 e. The maximum absolute atomic E-state index is 12.3. The number of benzene rings is 1. The summed E-state index contributed by atoms with van der Waals surface area (Å²) in [6, 6.07) is 13.1. The monoisotopic (exact) mass is 397 g/mol. The van der Waals surface area contributed by atoms with Crippen LogP contribution in [0.5, 0.6) is 0 Å². The molecule has 3 aromatic rings. The number of nitrogens with zero attached hydrogens (tertiary/aromatic N) is 3. The Balaban J connectivity index is 1.69. The van der Waals surface area contributed by atoms with E-state index in [-0.39, 0.29) is 11.6 Å². The lowest BCUT2D eigenvalue weighted by molar-refractivity contribution is 0.0945. The van der Waals surface area contributed by atoms with E-state index in [1.165, 1.54) is 6.33 Å². The lowest BCUT2D eigenvalue weighted by Crippen LogP contribution is -2.24. The third kappa shape index (κ3) is 4.60. The van der Waals surface area contributed by atoms with Crippen LogP contribution >= 0.6 is 15.9 Å². The summed E-state index contributed by atoms with van der Waals surface area (Å²) < 4.78 is 0.923. The molecule has 0 aliphatic rings. The van der Waals surface area contributed by atoms with Gasteiger partial charge in [-0.25, -0.2) is 9.97 Å². The molecule has 0 aliphatic heterocycles. The van der Waals surface area contributed by atoms with Crippen LogP contribution in [-0.4, -0.2) is 20.9 Å². The van der Waals surface area contributed by atoms with Crippen molar-refractivity contribution in [1.29, 1.82) is 0 Å². The van der Waals surface area contributed by atoms with Crippen molar-refractivity contribution in [2.45, 2.75) is 13.5 Å². The summed E-state index contributed by atoms with van der Waals surface area (Å²) >= 11 is 3.51. The van der Waals surface area contributed by atoms with Gasteiger partial charge in [0.2, 0.25) is 0 Å². The smallest absolute Gasteiger partial charge is 0.270 e. The predicted octanol–water partition coefficient (Wildman–Crippen LogP) is 3.62. The molecule has 0 fully saturated rings. The minimum Gasteiger partial charge on any atom is -0.345 e. The number of pyridine rings is 1. The van der Waals surface area contributed by atoms with E-state index < -0.39 is 0 Å². The van der Waals surface area contributed by atoms with Crippen LogP contribution in [0.25, 0.3) is 0 Å². The van der Waals surface area contributed by atoms with Gasteiger partial charge < -0.3 is 10.6 Å². The molecule has 0 spiro atoms. The van der Waals surface area contributed by atoms with Gasteiger partial charge in [0.25, 0.3) is 5.91 Å². The predicted molar refractivity (Wildman–Crippen MR) is 99.6 cm³/mol. The summed E-state index contributed by atoms with van der Waals surface area (Å²) in [6.45, 7) is 2.36. The Bertz CT molecular complexity index is 886. The van der Waals surface area contributed by atoms with Gasteiger partial charge in [-0.1, -0.05) is 12.1 Å². The molecular formula is C18H16BrN5O. The van der Waals surface area contributed by atoms with Gasteiger partial charge in [-0.05, 0) is 52.7 Å². The number of aryl methyl sites for hydroxylation is 1. The first kappa shape index (κ1) is 17.0. The van der Waals surface area contributed by atoms with Gasteiger partial charge >= 0.3 is 0 Å². The Hall–Kier alpha value is -2.80. The van der Waals surface area contributed by atoms with E-state index in [1.807, 2.05) is 43.3 Å². The SMILES string of the molecule is Cc1ccc(Nc2cc(C(=O)NCc3ccccn3)ncn2)c(Br)c1. The molecule has 7 heteroatoms. The maximum Gasteiger partial charge on any atom is 0.270 e. The molecule has 126 valence electrons. The number of aromatic nitrogens is 3. The van der Waals surface area contributed by atoms with Crippen LogP contribution in [0, 0.1) is 6.92 Å². The molecule has 0 atom stereocenters. The van der Waals surface area contributed by atoms with Crippen LogP contribution in [-0.2, 0) is 6.54 Å². The minimum atomic E-state index is -0.279. The number of amides is 1. The number of hydrogen-bond donors (Lipinski definition) is 2. The van der Waals surface area contributed by atoms with Crippen molar-refractivity contribution in [3.05, 3.63) is 76.4 Å². The van der Waals surface area contributed by atoms with Crippen molar-refractivity contribution in [2.75, 3.05) is 5.32 Å². The molecule has 1 aromatic carbocycles. The summed E-state index contributed by atoms with van der Waals surface area (Å²) in [5, 5.41) is 5.97. The molecule has 1 amide bonds. The Kier molecular flexibility index (Phi) is 5.35. The van der Waals surface area contributed by atoms with Gasteiger partial charge in [0.05, 0.1) is 17.9 Å². The lowest BCUT2D eigenvalue weighted by atomic mass is 10.2. The summed E-state index contributed by atoms with van der Waals surface area (Å²) in [5.74, 6) is 0.265. The number of hydrogen-bond acceptors (Lipinski definition) is 5. The average molecular weight is 398 g/mol. The molecule has 2 aromatic heterocycles. The van der Waals surface area contributed by atoms with E-state index in [0.717, 1.165) is 21.4 Å². The Morgan fingerprint density at radius 1 is 1.12 bits per heavy atom. The zero-order valence-electron chi connectivity index (χ0n) is 13.5. The highest BCUT2D eigenvalue weighted by Gasteiger charge is 2.10. The first-order valence-electron chi connectivity index (χ1n) is 7.65. The highest BCUT2D eigenvalue weighted by molar-refractivity contribution is 9.10. The van der Waals surface area contributed by atoms with Crippen LogP contribution in [0.2, 0.25) is 0 Å². The maximum atomic E-state index is 12.3. The van der Waals surface area contributed by atoms with Crippen molar-refractivity contribution in [3.63, 3.8) is 0 Å². The first-order chi connectivity index (χ1) is 12.1. The zero-order chi connectivity index (χ0) is 17.6. The summed E-state index contributed by atoms with van der Waals surface area (Å²) in [6.07, 6.45) is 3.05. The number of halogens is 1. The van der Waals surface area contributed by atoms with Crippen LogP contribution in [0.15, 0.2) is 59.5 Å². The fraction of sp³-hybridized carbons (Fsp3) is 0.111. The normalized spacial score (nSPS) is 10.3. The molecule has 0 radical (unpaired) electrons. The van der Waals surface area contributed by atoms with Crippen molar-refractivity contribution in [2.24, 2.45) is 0 Å². The molecule has 0 saturated carbocycles. The number of carbonyl (C=O) groups is 1. The van der Waals surface area contributed by atoms with Crippen molar-refractivity contribution in [3.8, 4) is 0 Å². The van der Waals surface area contributed by atoms with Crippen LogP contribution in [0.4, 0.5) is 11.5 Å². The van der Waals surface area contributed by atoms with E-state index in [0.29, 0.717) is 12.4 Å². The second kappa shape index (κ2) is 7.85. The van der Waals surface area contributed by atoms with Gasteiger partial charge in [0.1, 0.15) is 17.8 Å². The number of nitrogens with one attached hydrogen (secondary N) is 2. The van der Waals surface area contributed by atoms with E-state index in [2.05, 4.69) is 41.5 Å². The van der Waals surface area contributed by atoms with Crippen LogP contribution < -0.4 is 10.6 Å². The van der Waals surface area contributed by atoms with Gasteiger partial charge in [0.15, 0.2) is 0 Å². The molecule has 0 saturated heterocycles. The van der Waals surface area contributed by atoms with Crippen LogP contribution in [0.1, 0.15) is 21.7 Å². The summed E-state index contributed by atoms with van der Waals surface area (Å²) in [5.41, 5.74) is 3.09. The first-order valence-corrected chi connectivity index (χ1v) is 8.44. The fourth-order valence-corrected chi connectivity index (χ4v) is 2.77. The lowest BCUT2D eigenvalue weighted by Gasteiger charge is -2.09. The molecular weight excluding hydrogens is 382 g/mol. The molecule has 25 heavy (non-hydrogen) atoms. The topological polar surface area (TPSA) is 79.8 Å². The van der Waals surface area contributed by atoms with E-state index in [1.54, 1.807) is 12.3 Å². The summed E-state index contributed by atoms with van der Waals surface area (Å²) in [4.78, 5) is 24.6. The Morgan fingerprint density at radius 3 is 2.76 bits per heavy atom. The third-order valence-corrected chi connectivity index (χ3v) is 4.10. The molecule has 2 heterocycles. The van der Waals surface area contributed by atoms with Gasteiger partial charge in [-0.3, -0.25) is 9.78 Å². The molecule has 6 nitrogen and oxygen atoms in total. The molecule has 0 aliphatic carbocycles. The average Bonchev–Trinajstić information content (AvgIpc) is 2.63. The van der Waals surface area contributed by atoms with Gasteiger partial charge in [-0.2, -0.15) is 0 Å². The quantitative estimate of drug-likeness (QED) is 0.687. The van der Waals surface area contributed by atoms with Crippen LogP contribution in [0.3, 0.4) is 0 Å². The van der Waals surface area contributed by atoms with Crippen molar-refractivity contribution in [1.82, 2.24) is 20.3 Å². The molecule has 3 rings (SSSR count). The standard InChI is InChI=1S/C18H16BrN5O/c1-12-5-6-15(14(19)8-12)24-17-9-16(22-11-23-17)18(25)21-10-13-4-2-3-7-20-13/h2-9,11H,10H2,1H3,(H,21,25)(H,22,23,24). The number of anilines is 2. The zero-order valence-corrected chi connectivity index (χ0v) is 15.1. The Morgan fingerprint density at radius 2 is 2.00 bits per heavy atom. The molecule has 0 bridgehead atoms. The summed E-state index contributed by atoms with van der Waals surface area (Å²) in [7, 11) is 0. The molecule has 0 unspecified atom stereocenters. The Labute approximate surface area is 153 Å². The van der Waals surface area contributed by atoms with Crippen molar-refractivity contribution >= 4 is 33.3 Å². The number of carbonyl (C=O) groups excluding carboxylic acids is 1. The van der Waals surface area contributed by atoms with Gasteiger partial charge in [-0.15, -0.1) is 0 Å². The second-order valence-corrected chi connectivity index (χ2v) is 6.25. The minimum absolute atomic E-state index is 0.279. The fourth-order valence-electron chi connectivity index (χ4n) is 2.17. The highest BCUT2D eigenvalue weighted by Crippen LogP contribution is 2.26. The number of rotatable bonds is 5. The van der Waals surface area contributed by atoms with E-state index in [4.69, 9.17) is 0 Å². The highest BCUT2D eigenvalue weighted by atomic mass is 79.9. The van der Waals surface area contributed by atoms with E-state index in [9.17, 15) is 4.79 Å². The third-order valence-electron chi connectivity index (χ3n) is 3.44. The second-order valence-electron chi connectivity index (χ2n) is 5.40. The van der Waals surface area contributed by atoms with Gasteiger partial charge in [0, 0.05) is 16.7 Å². The molecule has 2 N–H and O–H groups in total. The van der Waals surface area contributed by atoms with E-state index >= 15 is 0 Å².